The standard InChI is InChI=1S/C18H19FN4O3/c19-14-4-2-1-3-12(14)16(24)13-5-6-15(22-17(13)20)21-11-7-9-23(10-8-11)18(25)26/h1-6,11H,7-10H2,(H,25,26)(H3,20,21,22). The molecule has 136 valence electrons. The van der Waals surface area contributed by atoms with Crippen LogP contribution in [0.5, 0.6) is 0 Å². The highest BCUT2D eigenvalue weighted by molar-refractivity contribution is 6.11. The van der Waals surface area contributed by atoms with Crippen LogP contribution in [0.15, 0.2) is 36.4 Å². The highest BCUT2D eigenvalue weighted by Crippen LogP contribution is 2.21. The van der Waals surface area contributed by atoms with Crippen molar-refractivity contribution in [1.29, 1.82) is 0 Å². The summed E-state index contributed by atoms with van der Waals surface area (Å²) in [5, 5.41) is 12.2. The zero-order valence-corrected chi connectivity index (χ0v) is 14.0. The Morgan fingerprint density at radius 3 is 2.46 bits per heavy atom. The molecule has 2 heterocycles. The molecule has 0 spiro atoms. The van der Waals surface area contributed by atoms with E-state index < -0.39 is 17.7 Å². The molecule has 0 atom stereocenters. The van der Waals surface area contributed by atoms with Gasteiger partial charge in [0, 0.05) is 19.1 Å². The number of halogens is 1. The van der Waals surface area contributed by atoms with Gasteiger partial charge in [-0.25, -0.2) is 14.2 Å². The first kappa shape index (κ1) is 17.7. The van der Waals surface area contributed by atoms with Crippen LogP contribution in [0, 0.1) is 5.82 Å². The number of nitrogens with two attached hydrogens (primary N) is 1. The Kier molecular flexibility index (Phi) is 5.01. The molecule has 3 rings (SSSR count). The fourth-order valence-electron chi connectivity index (χ4n) is 2.96. The molecule has 0 aliphatic carbocycles. The molecular weight excluding hydrogens is 339 g/mol. The number of nitrogens with one attached hydrogen (secondary N) is 1. The van der Waals surface area contributed by atoms with E-state index in [-0.39, 0.29) is 23.0 Å². The number of nitrogen functional groups attached to an aromatic ring is 1. The van der Waals surface area contributed by atoms with E-state index in [0.717, 1.165) is 0 Å². The molecule has 1 aromatic heterocycles. The Hall–Kier alpha value is -3.16. The average molecular weight is 358 g/mol. The van der Waals surface area contributed by atoms with Gasteiger partial charge in [-0.05, 0) is 37.1 Å². The predicted molar refractivity (Wildman–Crippen MR) is 94.7 cm³/mol. The zero-order valence-electron chi connectivity index (χ0n) is 14.0. The predicted octanol–water partition coefficient (Wildman–Crippen LogP) is 2.59. The van der Waals surface area contributed by atoms with Gasteiger partial charge in [0.2, 0.25) is 0 Å². The number of aromatic nitrogens is 1. The number of hydrogen-bond acceptors (Lipinski definition) is 5. The van der Waals surface area contributed by atoms with Crippen LogP contribution in [0.4, 0.5) is 20.8 Å². The summed E-state index contributed by atoms with van der Waals surface area (Å²) in [5.74, 6) is -0.605. The van der Waals surface area contributed by atoms with Gasteiger partial charge in [0.25, 0.3) is 0 Å². The summed E-state index contributed by atoms with van der Waals surface area (Å²) in [6.07, 6.45) is 0.398. The van der Waals surface area contributed by atoms with Crippen LogP contribution in [0.2, 0.25) is 0 Å². The molecule has 0 saturated carbocycles. The number of amides is 1. The van der Waals surface area contributed by atoms with E-state index in [4.69, 9.17) is 10.8 Å². The molecule has 1 saturated heterocycles. The van der Waals surface area contributed by atoms with Crippen LogP contribution in [0.1, 0.15) is 28.8 Å². The Labute approximate surface area is 149 Å². The van der Waals surface area contributed by atoms with Gasteiger partial charge in [-0.2, -0.15) is 0 Å². The molecule has 0 bridgehead atoms. The van der Waals surface area contributed by atoms with Gasteiger partial charge in [-0.1, -0.05) is 12.1 Å². The number of rotatable bonds is 4. The summed E-state index contributed by atoms with van der Waals surface area (Å²) >= 11 is 0. The minimum atomic E-state index is -0.915. The number of ketones is 1. The van der Waals surface area contributed by atoms with E-state index in [2.05, 4.69) is 10.3 Å². The molecule has 1 aliphatic rings. The molecular formula is C18H19FN4O3. The van der Waals surface area contributed by atoms with E-state index in [0.29, 0.717) is 31.7 Å². The van der Waals surface area contributed by atoms with Crippen molar-refractivity contribution in [2.24, 2.45) is 0 Å². The lowest BCUT2D eigenvalue weighted by Gasteiger charge is -2.30. The molecule has 8 heteroatoms. The van der Waals surface area contributed by atoms with Crippen LogP contribution in [-0.4, -0.2) is 46.0 Å². The lowest BCUT2D eigenvalue weighted by Crippen LogP contribution is -2.41. The van der Waals surface area contributed by atoms with Gasteiger partial charge in [-0.3, -0.25) is 4.79 Å². The van der Waals surface area contributed by atoms with Crippen molar-refractivity contribution in [2.75, 3.05) is 24.1 Å². The van der Waals surface area contributed by atoms with Gasteiger partial charge in [0.1, 0.15) is 17.5 Å². The normalized spacial score (nSPS) is 14.9. The first-order chi connectivity index (χ1) is 12.5. The molecule has 0 unspecified atom stereocenters. The zero-order chi connectivity index (χ0) is 18.7. The van der Waals surface area contributed by atoms with Crippen molar-refractivity contribution >= 4 is 23.5 Å². The lowest BCUT2D eigenvalue weighted by atomic mass is 10.0. The maximum Gasteiger partial charge on any atom is 0.407 e. The van der Waals surface area contributed by atoms with E-state index in [1.165, 1.54) is 29.2 Å². The smallest absolute Gasteiger partial charge is 0.407 e. The largest absolute Gasteiger partial charge is 0.465 e. The molecule has 1 aromatic carbocycles. The Bertz CT molecular complexity index is 835. The monoisotopic (exact) mass is 358 g/mol. The number of benzene rings is 1. The highest BCUT2D eigenvalue weighted by atomic mass is 19.1. The molecule has 1 amide bonds. The van der Waals surface area contributed by atoms with Crippen molar-refractivity contribution in [2.45, 2.75) is 18.9 Å². The quantitative estimate of drug-likeness (QED) is 0.725. The lowest BCUT2D eigenvalue weighted by molar-refractivity contribution is 0.103. The van der Waals surface area contributed by atoms with Crippen LogP contribution in [0.25, 0.3) is 0 Å². The maximum absolute atomic E-state index is 13.8. The minimum absolute atomic E-state index is 0.0197. The molecule has 26 heavy (non-hydrogen) atoms. The molecule has 1 aliphatic heterocycles. The van der Waals surface area contributed by atoms with Crippen LogP contribution in [-0.2, 0) is 0 Å². The number of likely N-dealkylation sites (tertiary alicyclic amines) is 1. The third-order valence-corrected chi connectivity index (χ3v) is 4.41. The van der Waals surface area contributed by atoms with Crippen LogP contribution < -0.4 is 11.1 Å². The Morgan fingerprint density at radius 2 is 1.85 bits per heavy atom. The number of pyridine rings is 1. The summed E-state index contributed by atoms with van der Waals surface area (Å²) < 4.78 is 13.8. The Morgan fingerprint density at radius 1 is 1.15 bits per heavy atom. The molecule has 0 radical (unpaired) electrons. The van der Waals surface area contributed by atoms with Crippen LogP contribution >= 0.6 is 0 Å². The van der Waals surface area contributed by atoms with Gasteiger partial charge < -0.3 is 21.1 Å². The van der Waals surface area contributed by atoms with E-state index in [9.17, 15) is 14.0 Å². The number of carbonyl (C=O) groups is 2. The summed E-state index contributed by atoms with van der Waals surface area (Å²) in [7, 11) is 0. The van der Waals surface area contributed by atoms with E-state index in [1.54, 1.807) is 12.1 Å². The Balaban J connectivity index is 1.69. The first-order valence-corrected chi connectivity index (χ1v) is 8.26. The fraction of sp³-hybridized carbons (Fsp3) is 0.278. The first-order valence-electron chi connectivity index (χ1n) is 8.26. The summed E-state index contributed by atoms with van der Waals surface area (Å²) in [6, 6.07) is 8.93. The summed E-state index contributed by atoms with van der Waals surface area (Å²) in [4.78, 5) is 28.9. The van der Waals surface area contributed by atoms with Gasteiger partial charge in [0.15, 0.2) is 5.78 Å². The number of carbonyl (C=O) groups excluding carboxylic acids is 1. The molecule has 4 N–H and O–H groups in total. The van der Waals surface area contributed by atoms with E-state index >= 15 is 0 Å². The fourth-order valence-corrected chi connectivity index (χ4v) is 2.96. The minimum Gasteiger partial charge on any atom is -0.465 e. The van der Waals surface area contributed by atoms with Crippen molar-refractivity contribution in [3.8, 4) is 0 Å². The van der Waals surface area contributed by atoms with Gasteiger partial charge in [-0.15, -0.1) is 0 Å². The second kappa shape index (κ2) is 7.38. The number of nitrogens with zero attached hydrogens (tertiary/aromatic N) is 2. The highest BCUT2D eigenvalue weighted by Gasteiger charge is 2.23. The molecule has 7 nitrogen and oxygen atoms in total. The van der Waals surface area contributed by atoms with Crippen molar-refractivity contribution in [3.63, 3.8) is 0 Å². The van der Waals surface area contributed by atoms with Crippen molar-refractivity contribution < 1.29 is 19.1 Å². The number of anilines is 2. The summed E-state index contributed by atoms with van der Waals surface area (Å²) in [5.41, 5.74) is 5.98. The van der Waals surface area contributed by atoms with Crippen LogP contribution in [0.3, 0.4) is 0 Å². The molecule has 2 aromatic rings. The SMILES string of the molecule is Nc1nc(NC2CCN(C(=O)O)CC2)ccc1C(=O)c1ccccc1F. The number of piperidine rings is 1. The van der Waals surface area contributed by atoms with E-state index in [1.807, 2.05) is 0 Å². The second-order valence-corrected chi connectivity index (χ2v) is 6.13. The summed E-state index contributed by atoms with van der Waals surface area (Å²) in [6.45, 7) is 0.901. The van der Waals surface area contributed by atoms with Crippen molar-refractivity contribution in [3.05, 3.63) is 53.3 Å². The average Bonchev–Trinajstić information content (AvgIpc) is 2.62. The number of carboxylic acid groups (broad SMARTS) is 1. The third-order valence-electron chi connectivity index (χ3n) is 4.41. The van der Waals surface area contributed by atoms with Crippen molar-refractivity contribution in [1.82, 2.24) is 9.88 Å². The topological polar surface area (TPSA) is 109 Å². The van der Waals surface area contributed by atoms with Gasteiger partial charge >= 0.3 is 6.09 Å². The second-order valence-electron chi connectivity index (χ2n) is 6.13. The number of hydrogen-bond donors (Lipinski definition) is 3. The molecule has 1 fully saturated rings. The van der Waals surface area contributed by atoms with Gasteiger partial charge in [0.05, 0.1) is 11.1 Å². The third kappa shape index (κ3) is 3.74. The maximum atomic E-state index is 13.8.